The predicted octanol–water partition coefficient (Wildman–Crippen LogP) is 1.89. The fourth-order valence-electron chi connectivity index (χ4n) is 3.77. The Labute approximate surface area is 172 Å². The minimum atomic E-state index is -1.11. The fraction of sp³-hybridized carbons (Fsp3) is 0.227. The molecule has 0 bridgehead atoms. The molecule has 0 radical (unpaired) electrons. The van der Waals surface area contributed by atoms with Gasteiger partial charge in [-0.1, -0.05) is 24.3 Å². The van der Waals surface area contributed by atoms with Crippen LogP contribution >= 0.6 is 0 Å². The SMILES string of the molecule is COC(=O)[C@H](Cc1c[nH]c2ccccc12)N1C(=O)c2cccc(OCCN)c2C1=O. The van der Waals surface area contributed by atoms with Gasteiger partial charge in [0.2, 0.25) is 0 Å². The van der Waals surface area contributed by atoms with E-state index in [1.165, 1.54) is 7.11 Å². The summed E-state index contributed by atoms with van der Waals surface area (Å²) in [6.07, 6.45) is 1.90. The number of benzene rings is 2. The van der Waals surface area contributed by atoms with Gasteiger partial charge >= 0.3 is 5.97 Å². The Balaban J connectivity index is 1.72. The largest absolute Gasteiger partial charge is 0.491 e. The molecule has 0 spiro atoms. The first-order valence-electron chi connectivity index (χ1n) is 9.53. The number of imide groups is 1. The Bertz CT molecular complexity index is 1140. The van der Waals surface area contributed by atoms with Gasteiger partial charge in [-0.05, 0) is 23.8 Å². The molecule has 2 heterocycles. The van der Waals surface area contributed by atoms with Crippen molar-refractivity contribution in [2.45, 2.75) is 12.5 Å². The van der Waals surface area contributed by atoms with E-state index in [1.807, 2.05) is 24.3 Å². The summed E-state index contributed by atoms with van der Waals surface area (Å²) in [7, 11) is 1.23. The molecule has 4 rings (SSSR count). The molecule has 2 aromatic carbocycles. The zero-order chi connectivity index (χ0) is 21.3. The lowest BCUT2D eigenvalue weighted by molar-refractivity contribution is -0.145. The molecule has 154 valence electrons. The number of nitrogens with two attached hydrogens (primary N) is 1. The van der Waals surface area contributed by atoms with Crippen LogP contribution in [-0.4, -0.2) is 54.0 Å². The average molecular weight is 407 g/mol. The van der Waals surface area contributed by atoms with Crippen molar-refractivity contribution in [1.29, 1.82) is 0 Å². The minimum absolute atomic E-state index is 0.126. The molecular weight excluding hydrogens is 386 g/mol. The van der Waals surface area contributed by atoms with Gasteiger partial charge in [0, 0.05) is 30.1 Å². The molecule has 2 amide bonds. The Morgan fingerprint density at radius 1 is 1.13 bits per heavy atom. The molecule has 3 aromatic rings. The average Bonchev–Trinajstić information content (AvgIpc) is 3.29. The number of methoxy groups -OCH3 is 1. The van der Waals surface area contributed by atoms with Crippen molar-refractivity contribution < 1.29 is 23.9 Å². The van der Waals surface area contributed by atoms with Gasteiger partial charge in [-0.2, -0.15) is 0 Å². The summed E-state index contributed by atoms with van der Waals surface area (Å²) in [5.74, 6) is -1.53. The maximum absolute atomic E-state index is 13.2. The Morgan fingerprint density at radius 3 is 2.70 bits per heavy atom. The summed E-state index contributed by atoms with van der Waals surface area (Å²) in [4.78, 5) is 43.1. The normalized spacial score (nSPS) is 14.1. The summed E-state index contributed by atoms with van der Waals surface area (Å²) in [5.41, 5.74) is 7.53. The van der Waals surface area contributed by atoms with Gasteiger partial charge in [-0.25, -0.2) is 4.79 Å². The van der Waals surface area contributed by atoms with Gasteiger partial charge < -0.3 is 20.2 Å². The second-order valence-corrected chi connectivity index (χ2v) is 6.90. The second kappa shape index (κ2) is 8.00. The number of aromatic amines is 1. The molecule has 8 nitrogen and oxygen atoms in total. The predicted molar refractivity (Wildman–Crippen MR) is 109 cm³/mol. The van der Waals surface area contributed by atoms with Crippen LogP contribution in [0.1, 0.15) is 26.3 Å². The van der Waals surface area contributed by atoms with Crippen LogP contribution in [0.3, 0.4) is 0 Å². The lowest BCUT2D eigenvalue weighted by atomic mass is 10.0. The minimum Gasteiger partial charge on any atom is -0.491 e. The standard InChI is InChI=1S/C22H21N3O5/c1-29-22(28)17(11-13-12-24-16-7-3-2-5-14(13)16)25-20(26)15-6-4-8-18(30-10-9-23)19(15)21(25)27/h2-8,12,17,24H,9-11,23H2,1H3/t17-/m0/s1. The molecule has 1 aromatic heterocycles. The maximum atomic E-state index is 13.2. The molecular formula is C22H21N3O5. The molecule has 0 fully saturated rings. The first-order chi connectivity index (χ1) is 14.6. The van der Waals surface area contributed by atoms with Crippen molar-refractivity contribution in [3.05, 3.63) is 65.4 Å². The Hall–Kier alpha value is -3.65. The van der Waals surface area contributed by atoms with Crippen molar-refractivity contribution in [3.8, 4) is 5.75 Å². The number of H-pyrrole nitrogens is 1. The second-order valence-electron chi connectivity index (χ2n) is 6.90. The number of ether oxygens (including phenoxy) is 2. The van der Waals surface area contributed by atoms with E-state index in [9.17, 15) is 14.4 Å². The topological polar surface area (TPSA) is 115 Å². The molecule has 0 unspecified atom stereocenters. The van der Waals surface area contributed by atoms with Gasteiger partial charge in [-0.3, -0.25) is 14.5 Å². The number of hydrogen-bond donors (Lipinski definition) is 2. The van der Waals surface area contributed by atoms with Crippen molar-refractivity contribution in [3.63, 3.8) is 0 Å². The first-order valence-corrected chi connectivity index (χ1v) is 9.53. The smallest absolute Gasteiger partial charge is 0.329 e. The molecule has 30 heavy (non-hydrogen) atoms. The fourth-order valence-corrected chi connectivity index (χ4v) is 3.77. The Kier molecular flexibility index (Phi) is 5.24. The third-order valence-electron chi connectivity index (χ3n) is 5.16. The molecule has 0 saturated carbocycles. The Morgan fingerprint density at radius 2 is 1.93 bits per heavy atom. The summed E-state index contributed by atoms with van der Waals surface area (Å²) in [6.45, 7) is 0.467. The number of esters is 1. The summed E-state index contributed by atoms with van der Waals surface area (Å²) in [6, 6.07) is 11.3. The highest BCUT2D eigenvalue weighted by atomic mass is 16.5. The number of carbonyl (C=O) groups excluding carboxylic acids is 3. The van der Waals surface area contributed by atoms with Crippen LogP contribution in [0.4, 0.5) is 0 Å². The zero-order valence-corrected chi connectivity index (χ0v) is 16.4. The molecule has 1 aliphatic rings. The zero-order valence-electron chi connectivity index (χ0n) is 16.4. The molecule has 0 aliphatic carbocycles. The van der Waals surface area contributed by atoms with E-state index in [1.54, 1.807) is 24.4 Å². The van der Waals surface area contributed by atoms with Gasteiger partial charge in [0.05, 0.1) is 18.2 Å². The van der Waals surface area contributed by atoms with E-state index >= 15 is 0 Å². The molecule has 1 aliphatic heterocycles. The van der Waals surface area contributed by atoms with Crippen molar-refractivity contribution in [2.75, 3.05) is 20.3 Å². The highest BCUT2D eigenvalue weighted by Crippen LogP contribution is 2.33. The van der Waals surface area contributed by atoms with Gasteiger partial charge in [0.25, 0.3) is 11.8 Å². The van der Waals surface area contributed by atoms with E-state index in [-0.39, 0.29) is 36.4 Å². The van der Waals surface area contributed by atoms with Gasteiger partial charge in [-0.15, -0.1) is 0 Å². The highest BCUT2D eigenvalue weighted by molar-refractivity contribution is 6.24. The van der Waals surface area contributed by atoms with Gasteiger partial charge in [0.15, 0.2) is 0 Å². The van der Waals surface area contributed by atoms with Crippen LogP contribution in [-0.2, 0) is 16.0 Å². The first kappa shape index (κ1) is 19.7. The monoisotopic (exact) mass is 407 g/mol. The third-order valence-corrected chi connectivity index (χ3v) is 5.16. The van der Waals surface area contributed by atoms with Crippen LogP contribution < -0.4 is 10.5 Å². The number of aromatic nitrogens is 1. The maximum Gasteiger partial charge on any atom is 0.329 e. The number of rotatable bonds is 7. The third kappa shape index (κ3) is 3.21. The van der Waals surface area contributed by atoms with E-state index < -0.39 is 23.8 Å². The number of nitrogens with one attached hydrogen (secondary N) is 1. The summed E-state index contributed by atoms with van der Waals surface area (Å²) in [5, 5.41) is 0.912. The van der Waals surface area contributed by atoms with Crippen LogP contribution in [0, 0.1) is 0 Å². The molecule has 1 atom stereocenters. The van der Waals surface area contributed by atoms with Gasteiger partial charge in [0.1, 0.15) is 18.4 Å². The lowest BCUT2D eigenvalue weighted by Crippen LogP contribution is -2.46. The number of para-hydroxylation sites is 1. The quantitative estimate of drug-likeness (QED) is 0.457. The van der Waals surface area contributed by atoms with Crippen molar-refractivity contribution >= 4 is 28.7 Å². The van der Waals surface area contributed by atoms with E-state index in [0.29, 0.717) is 0 Å². The van der Waals surface area contributed by atoms with Crippen molar-refractivity contribution in [2.24, 2.45) is 5.73 Å². The number of carbonyl (C=O) groups is 3. The van der Waals surface area contributed by atoms with Crippen LogP contribution in [0.25, 0.3) is 10.9 Å². The number of nitrogens with zero attached hydrogens (tertiary/aromatic N) is 1. The molecule has 3 N–H and O–H groups in total. The number of hydrogen-bond acceptors (Lipinski definition) is 6. The number of fused-ring (bicyclic) bond motifs is 2. The van der Waals surface area contributed by atoms with E-state index in [4.69, 9.17) is 15.2 Å². The van der Waals surface area contributed by atoms with Crippen LogP contribution in [0.5, 0.6) is 5.75 Å². The molecule has 8 heteroatoms. The van der Waals surface area contributed by atoms with E-state index in [0.717, 1.165) is 21.4 Å². The highest BCUT2D eigenvalue weighted by Gasteiger charge is 2.45. The summed E-state index contributed by atoms with van der Waals surface area (Å²) >= 11 is 0. The van der Waals surface area contributed by atoms with Crippen LogP contribution in [0.15, 0.2) is 48.7 Å². The lowest BCUT2D eigenvalue weighted by Gasteiger charge is -2.24. The van der Waals surface area contributed by atoms with Crippen LogP contribution in [0.2, 0.25) is 0 Å². The summed E-state index contributed by atoms with van der Waals surface area (Å²) < 4.78 is 10.5. The number of amides is 2. The van der Waals surface area contributed by atoms with Crippen molar-refractivity contribution in [1.82, 2.24) is 9.88 Å². The van der Waals surface area contributed by atoms with E-state index in [2.05, 4.69) is 4.98 Å². The molecule has 0 saturated heterocycles.